The first-order chi connectivity index (χ1) is 17.4. The lowest BCUT2D eigenvalue weighted by molar-refractivity contribution is 0.248. The Bertz CT molecular complexity index is 1480. The highest BCUT2D eigenvalue weighted by molar-refractivity contribution is 7.93. The van der Waals surface area contributed by atoms with Gasteiger partial charge in [0, 0.05) is 42.9 Å². The molecule has 2 heterocycles. The predicted octanol–water partition coefficient (Wildman–Crippen LogP) is 4.43. The third kappa shape index (κ3) is 4.25. The summed E-state index contributed by atoms with van der Waals surface area (Å²) < 4.78 is 31.2. The van der Waals surface area contributed by atoms with E-state index in [0.717, 1.165) is 51.6 Å². The molecular weight excluding hydrogens is 474 g/mol. The van der Waals surface area contributed by atoms with E-state index in [9.17, 15) is 13.2 Å². The summed E-state index contributed by atoms with van der Waals surface area (Å²) in [7, 11) is -0.481. The molecule has 9 heteroatoms. The molecule has 8 nitrogen and oxygen atoms in total. The Labute approximate surface area is 211 Å². The van der Waals surface area contributed by atoms with Gasteiger partial charge in [0.2, 0.25) is 0 Å². The lowest BCUT2D eigenvalue weighted by Crippen LogP contribution is -2.41. The minimum atomic E-state index is -4.34. The van der Waals surface area contributed by atoms with E-state index in [-0.39, 0.29) is 16.5 Å². The Hall–Kier alpha value is -3.69. The van der Waals surface area contributed by atoms with Gasteiger partial charge in [0.05, 0.1) is 10.6 Å². The lowest BCUT2D eigenvalue weighted by atomic mass is 9.88. The number of hydrogen-bond donors (Lipinski definition) is 1. The van der Waals surface area contributed by atoms with Gasteiger partial charge < -0.3 is 10.2 Å². The van der Waals surface area contributed by atoms with Crippen LogP contribution in [-0.2, 0) is 10.0 Å². The van der Waals surface area contributed by atoms with E-state index >= 15 is 0 Å². The lowest BCUT2D eigenvalue weighted by Gasteiger charge is -2.29. The first-order valence-corrected chi connectivity index (χ1v) is 13.4. The molecule has 1 saturated heterocycles. The number of aromatic nitrogens is 2. The first-order valence-electron chi connectivity index (χ1n) is 12.0. The minimum Gasteiger partial charge on any atom is -0.377 e. The Balaban J connectivity index is 1.80. The number of nitrogens with zero attached hydrogens (tertiary/aromatic N) is 4. The van der Waals surface area contributed by atoms with Gasteiger partial charge in [0.25, 0.3) is 10.0 Å². The molecule has 0 radical (unpaired) electrons. The topological polar surface area (TPSA) is 87.5 Å². The molecule has 186 valence electrons. The quantitative estimate of drug-likeness (QED) is 0.434. The van der Waals surface area contributed by atoms with Gasteiger partial charge in [-0.1, -0.05) is 42.5 Å². The van der Waals surface area contributed by atoms with Crippen LogP contribution in [0.15, 0.2) is 84.0 Å². The molecule has 0 unspecified atom stereocenters. The second-order valence-corrected chi connectivity index (χ2v) is 10.8. The van der Waals surface area contributed by atoms with E-state index in [0.29, 0.717) is 5.39 Å². The maximum absolute atomic E-state index is 14.7. The van der Waals surface area contributed by atoms with Gasteiger partial charge in [0.15, 0.2) is 0 Å². The van der Waals surface area contributed by atoms with Crippen molar-refractivity contribution < 1.29 is 13.2 Å². The van der Waals surface area contributed by atoms with Crippen molar-refractivity contribution >= 4 is 38.2 Å². The van der Waals surface area contributed by atoms with Gasteiger partial charge in [-0.2, -0.15) is 14.1 Å². The minimum absolute atomic E-state index is 0.0564. The summed E-state index contributed by atoms with van der Waals surface area (Å²) in [5.41, 5.74) is 1.91. The average molecular weight is 504 g/mol. The molecule has 0 spiro atoms. The number of para-hydroxylation sites is 1. The molecule has 3 aromatic carbocycles. The van der Waals surface area contributed by atoms with Crippen LogP contribution in [0.5, 0.6) is 0 Å². The molecule has 4 aromatic rings. The highest BCUT2D eigenvalue weighted by Crippen LogP contribution is 2.40. The highest BCUT2D eigenvalue weighted by atomic mass is 32.2. The van der Waals surface area contributed by atoms with E-state index in [2.05, 4.69) is 10.4 Å². The van der Waals surface area contributed by atoms with Crippen molar-refractivity contribution in [3.05, 3.63) is 84.7 Å². The normalized spacial score (nSPS) is 14.6. The van der Waals surface area contributed by atoms with Crippen LogP contribution >= 0.6 is 0 Å². The molecule has 5 rings (SSSR count). The number of sulfonamides is 1. The van der Waals surface area contributed by atoms with Gasteiger partial charge in [-0.25, -0.2) is 13.2 Å². The maximum Gasteiger partial charge on any atom is 0.363 e. The van der Waals surface area contributed by atoms with Gasteiger partial charge in [-0.05, 0) is 61.7 Å². The van der Waals surface area contributed by atoms with Crippen LogP contribution in [0.4, 0.5) is 16.2 Å². The zero-order valence-corrected chi connectivity index (χ0v) is 21.1. The number of benzene rings is 3. The molecule has 1 N–H and O–H groups in total. The third-order valence-corrected chi connectivity index (χ3v) is 8.46. The van der Waals surface area contributed by atoms with Crippen molar-refractivity contribution in [2.24, 2.45) is 0 Å². The summed E-state index contributed by atoms with van der Waals surface area (Å²) >= 11 is 0. The van der Waals surface area contributed by atoms with Gasteiger partial charge in [-0.3, -0.25) is 0 Å². The molecule has 0 saturated carbocycles. The zero-order valence-electron chi connectivity index (χ0n) is 20.3. The standard InChI is InChI=1S/C27H29N5O3S/c1-30(2)25-11-6-10-24-23(25)13-12-22(20-14-17-28-18-15-20)26(24)36(34,35)32(21-8-4-3-5-9-21)27(33)31-19-7-16-29-31/h3-13,16,19-20,28H,14-15,17-18H2,1-2H3. The number of hydrogen-bond acceptors (Lipinski definition) is 6. The fourth-order valence-electron chi connectivity index (χ4n) is 4.94. The number of anilines is 2. The summed E-state index contributed by atoms with van der Waals surface area (Å²) in [6.07, 6.45) is 4.55. The van der Waals surface area contributed by atoms with E-state index in [1.807, 2.05) is 49.3 Å². The van der Waals surface area contributed by atoms with Crippen molar-refractivity contribution in [2.75, 3.05) is 36.4 Å². The average Bonchev–Trinajstić information content (AvgIpc) is 3.44. The molecule has 1 amide bonds. The molecule has 0 atom stereocenters. The van der Waals surface area contributed by atoms with E-state index in [1.54, 1.807) is 36.4 Å². The number of amides is 1. The van der Waals surface area contributed by atoms with Crippen LogP contribution in [0.3, 0.4) is 0 Å². The summed E-state index contributed by atoms with van der Waals surface area (Å²) in [5.74, 6) is 0.0564. The maximum atomic E-state index is 14.7. The number of carbonyl (C=O) groups is 1. The second-order valence-electron chi connectivity index (χ2n) is 9.11. The van der Waals surface area contributed by atoms with Gasteiger partial charge in [0.1, 0.15) is 0 Å². The Morgan fingerprint density at radius 3 is 2.36 bits per heavy atom. The van der Waals surface area contributed by atoms with Crippen molar-refractivity contribution in [3.63, 3.8) is 0 Å². The summed E-state index contributed by atoms with van der Waals surface area (Å²) in [4.78, 5) is 15.8. The van der Waals surface area contributed by atoms with E-state index < -0.39 is 16.1 Å². The van der Waals surface area contributed by atoms with Crippen LogP contribution in [0.1, 0.15) is 24.3 Å². The van der Waals surface area contributed by atoms with Crippen molar-refractivity contribution in [1.29, 1.82) is 0 Å². The van der Waals surface area contributed by atoms with Crippen LogP contribution in [-0.4, -0.2) is 51.4 Å². The second kappa shape index (κ2) is 9.75. The number of fused-ring (bicyclic) bond motifs is 1. The van der Waals surface area contributed by atoms with E-state index in [1.165, 1.54) is 12.4 Å². The van der Waals surface area contributed by atoms with Crippen molar-refractivity contribution in [1.82, 2.24) is 15.1 Å². The number of carbonyl (C=O) groups excluding carboxylic acids is 1. The predicted molar refractivity (Wildman–Crippen MR) is 142 cm³/mol. The van der Waals surface area contributed by atoms with Crippen molar-refractivity contribution in [3.8, 4) is 0 Å². The summed E-state index contributed by atoms with van der Waals surface area (Å²) in [5, 5.41) is 8.81. The molecule has 0 bridgehead atoms. The molecule has 0 aliphatic carbocycles. The summed E-state index contributed by atoms with van der Waals surface area (Å²) in [6, 6.07) is 18.9. The largest absolute Gasteiger partial charge is 0.377 e. The third-order valence-electron chi connectivity index (χ3n) is 6.64. The highest BCUT2D eigenvalue weighted by Gasteiger charge is 2.37. The molecule has 1 aromatic heterocycles. The molecule has 36 heavy (non-hydrogen) atoms. The first kappa shape index (κ1) is 24.0. The molecule has 1 aliphatic heterocycles. The SMILES string of the molecule is CN(C)c1cccc2c(S(=O)(=O)N(C(=O)n3cccn3)c3ccccc3)c(C3CCNCC3)ccc12. The number of rotatable bonds is 5. The molecular formula is C27H29N5O3S. The zero-order chi connectivity index (χ0) is 25.3. The molecule has 1 fully saturated rings. The smallest absolute Gasteiger partial charge is 0.363 e. The van der Waals surface area contributed by atoms with Gasteiger partial charge in [-0.15, -0.1) is 0 Å². The van der Waals surface area contributed by atoms with Crippen LogP contribution in [0.25, 0.3) is 10.8 Å². The Morgan fingerprint density at radius 1 is 0.944 bits per heavy atom. The fraction of sp³-hybridized carbons (Fsp3) is 0.259. The van der Waals surface area contributed by atoms with E-state index in [4.69, 9.17) is 0 Å². The van der Waals surface area contributed by atoms with Crippen LogP contribution < -0.4 is 14.5 Å². The van der Waals surface area contributed by atoms with Crippen LogP contribution in [0, 0.1) is 0 Å². The van der Waals surface area contributed by atoms with Crippen LogP contribution in [0.2, 0.25) is 0 Å². The monoisotopic (exact) mass is 503 g/mol. The number of nitrogens with one attached hydrogen (secondary N) is 1. The molecule has 1 aliphatic rings. The fourth-order valence-corrected chi connectivity index (χ4v) is 6.80. The van der Waals surface area contributed by atoms with Crippen molar-refractivity contribution in [2.45, 2.75) is 23.7 Å². The number of piperidine rings is 1. The summed E-state index contributed by atoms with van der Waals surface area (Å²) in [6.45, 7) is 1.63. The van der Waals surface area contributed by atoms with Gasteiger partial charge >= 0.3 is 6.03 Å². The Kier molecular flexibility index (Phi) is 6.51. The Morgan fingerprint density at radius 2 is 1.69 bits per heavy atom.